The van der Waals surface area contributed by atoms with E-state index < -0.39 is 5.82 Å². The van der Waals surface area contributed by atoms with E-state index in [0.29, 0.717) is 22.9 Å². The maximum Gasteiger partial charge on any atom is 0.141 e. The summed E-state index contributed by atoms with van der Waals surface area (Å²) >= 11 is 0. The van der Waals surface area contributed by atoms with Crippen molar-refractivity contribution in [3.8, 4) is 11.5 Å². The van der Waals surface area contributed by atoms with Crippen molar-refractivity contribution in [1.29, 1.82) is 5.41 Å². The number of nitrogens with one attached hydrogen (secondary N) is 2. The number of anilines is 2. The van der Waals surface area contributed by atoms with Gasteiger partial charge in [-0.25, -0.2) is 14.4 Å². The predicted octanol–water partition coefficient (Wildman–Crippen LogP) is 5.79. The van der Waals surface area contributed by atoms with Gasteiger partial charge < -0.3 is 15.8 Å². The average Bonchev–Trinajstić information content (AvgIpc) is 2.77. The van der Waals surface area contributed by atoms with Crippen LogP contribution in [-0.2, 0) is 0 Å². The molecular weight excluding hydrogens is 393 g/mol. The molecule has 2 aromatic carbocycles. The lowest BCUT2D eigenvalue weighted by atomic mass is 10.0. The predicted molar refractivity (Wildman–Crippen MR) is 123 cm³/mol. The summed E-state index contributed by atoms with van der Waals surface area (Å²) in [6.07, 6.45) is 5.40. The van der Waals surface area contributed by atoms with Gasteiger partial charge in [-0.2, -0.15) is 0 Å². The highest BCUT2D eigenvalue weighted by molar-refractivity contribution is 6.16. The van der Waals surface area contributed by atoms with Gasteiger partial charge in [0.15, 0.2) is 0 Å². The van der Waals surface area contributed by atoms with Crippen molar-refractivity contribution in [3.63, 3.8) is 0 Å². The molecular formula is C24H28FN5O. The second-order valence-electron chi connectivity index (χ2n) is 7.31. The molecule has 0 saturated carbocycles. The molecule has 0 bridgehead atoms. The zero-order valence-corrected chi connectivity index (χ0v) is 17.9. The van der Waals surface area contributed by atoms with Gasteiger partial charge >= 0.3 is 0 Å². The van der Waals surface area contributed by atoms with Crippen molar-refractivity contribution in [2.45, 2.75) is 45.6 Å². The van der Waals surface area contributed by atoms with Crippen LogP contribution in [0.5, 0.6) is 11.5 Å². The molecule has 4 N–H and O–H groups in total. The molecule has 0 saturated heterocycles. The second-order valence-corrected chi connectivity index (χ2v) is 7.31. The van der Waals surface area contributed by atoms with Gasteiger partial charge in [-0.15, -0.1) is 0 Å². The quantitative estimate of drug-likeness (QED) is 0.360. The fraction of sp³-hybridized carbons (Fsp3) is 0.292. The van der Waals surface area contributed by atoms with Gasteiger partial charge in [0.25, 0.3) is 0 Å². The summed E-state index contributed by atoms with van der Waals surface area (Å²) in [4.78, 5) is 8.32. The van der Waals surface area contributed by atoms with Crippen molar-refractivity contribution in [1.82, 2.24) is 9.97 Å². The molecule has 0 spiro atoms. The molecule has 0 amide bonds. The van der Waals surface area contributed by atoms with E-state index in [1.165, 1.54) is 18.5 Å². The zero-order valence-electron chi connectivity index (χ0n) is 17.9. The summed E-state index contributed by atoms with van der Waals surface area (Å²) < 4.78 is 20.6. The Labute approximate surface area is 182 Å². The normalized spacial score (nSPS) is 11.7. The highest BCUT2D eigenvalue weighted by Gasteiger charge is 2.21. The van der Waals surface area contributed by atoms with E-state index in [1.807, 2.05) is 18.2 Å². The van der Waals surface area contributed by atoms with Crippen LogP contribution in [0, 0.1) is 11.2 Å². The fourth-order valence-corrected chi connectivity index (χ4v) is 3.30. The van der Waals surface area contributed by atoms with Crippen molar-refractivity contribution in [2.75, 3.05) is 11.1 Å². The van der Waals surface area contributed by atoms with Crippen LogP contribution in [0.2, 0.25) is 0 Å². The number of benzene rings is 2. The smallest absolute Gasteiger partial charge is 0.141 e. The van der Waals surface area contributed by atoms with E-state index in [1.54, 1.807) is 18.2 Å². The molecule has 0 radical (unpaired) electrons. The van der Waals surface area contributed by atoms with Crippen molar-refractivity contribution >= 4 is 17.3 Å². The van der Waals surface area contributed by atoms with E-state index in [0.717, 1.165) is 25.7 Å². The first-order valence-corrected chi connectivity index (χ1v) is 10.5. The molecule has 6 nitrogen and oxygen atoms in total. The number of halogens is 1. The van der Waals surface area contributed by atoms with Crippen LogP contribution in [-0.4, -0.2) is 21.7 Å². The molecule has 1 atom stereocenters. The molecule has 0 aliphatic heterocycles. The summed E-state index contributed by atoms with van der Waals surface area (Å²) in [5.74, 6) is 0.961. The Balaban J connectivity index is 1.87. The lowest BCUT2D eigenvalue weighted by Crippen LogP contribution is -2.22. The molecule has 1 unspecified atom stereocenters. The van der Waals surface area contributed by atoms with Crippen LogP contribution in [0.15, 0.2) is 54.9 Å². The molecule has 1 heterocycles. The van der Waals surface area contributed by atoms with E-state index in [2.05, 4.69) is 29.1 Å². The second kappa shape index (κ2) is 10.5. The summed E-state index contributed by atoms with van der Waals surface area (Å²) in [5.41, 5.74) is 6.41. The molecule has 0 aliphatic carbocycles. The number of rotatable bonds is 10. The molecule has 3 rings (SSSR count). The first-order chi connectivity index (χ1) is 15.0. The summed E-state index contributed by atoms with van der Waals surface area (Å²) in [5, 5.41) is 12.0. The third-order valence-corrected chi connectivity index (χ3v) is 5.06. The number of unbranched alkanes of at least 4 members (excludes halogenated alkanes) is 1. The Morgan fingerprint density at radius 3 is 2.58 bits per heavy atom. The number of hydrogen-bond donors (Lipinski definition) is 3. The number of ether oxygens (including phenoxy) is 1. The Hall–Kier alpha value is -3.48. The lowest BCUT2D eigenvalue weighted by Gasteiger charge is -2.20. The summed E-state index contributed by atoms with van der Waals surface area (Å²) in [7, 11) is 0. The van der Waals surface area contributed by atoms with E-state index >= 15 is 0 Å². The Morgan fingerprint density at radius 1 is 1.13 bits per heavy atom. The van der Waals surface area contributed by atoms with Gasteiger partial charge in [0.1, 0.15) is 35.3 Å². The minimum absolute atomic E-state index is 0.0743. The van der Waals surface area contributed by atoms with Gasteiger partial charge in [-0.3, -0.25) is 5.41 Å². The molecule has 0 fully saturated rings. The van der Waals surface area contributed by atoms with E-state index in [9.17, 15) is 4.39 Å². The highest BCUT2D eigenvalue weighted by Crippen LogP contribution is 2.28. The SMILES string of the molecule is CCCCC(CC)Nc1ncnc(N)c1C(=N)c1ccc(Oc2ccccc2)cc1F. The first-order valence-electron chi connectivity index (χ1n) is 10.5. The molecule has 3 aromatic rings. The van der Waals surface area contributed by atoms with Crippen molar-refractivity contribution in [2.24, 2.45) is 0 Å². The number of nitrogens with zero attached hydrogens (tertiary/aromatic N) is 2. The first kappa shape index (κ1) is 22.2. The van der Waals surface area contributed by atoms with Crippen LogP contribution >= 0.6 is 0 Å². The van der Waals surface area contributed by atoms with Gasteiger partial charge in [0, 0.05) is 17.7 Å². The van der Waals surface area contributed by atoms with Crippen LogP contribution in [0.25, 0.3) is 0 Å². The van der Waals surface area contributed by atoms with Crippen LogP contribution in [0.4, 0.5) is 16.0 Å². The number of hydrogen-bond acceptors (Lipinski definition) is 6. The largest absolute Gasteiger partial charge is 0.457 e. The number of nitrogens with two attached hydrogens (primary N) is 1. The van der Waals surface area contributed by atoms with E-state index in [-0.39, 0.29) is 23.1 Å². The van der Waals surface area contributed by atoms with Crippen LogP contribution in [0.3, 0.4) is 0 Å². The van der Waals surface area contributed by atoms with E-state index in [4.69, 9.17) is 15.9 Å². The highest BCUT2D eigenvalue weighted by atomic mass is 19.1. The maximum atomic E-state index is 14.9. The topological polar surface area (TPSA) is 96.9 Å². The summed E-state index contributed by atoms with van der Waals surface area (Å²) in [6.45, 7) is 4.23. The van der Waals surface area contributed by atoms with Gasteiger partial charge in [0.2, 0.25) is 0 Å². The minimum atomic E-state index is -0.578. The summed E-state index contributed by atoms with van der Waals surface area (Å²) in [6, 6.07) is 13.7. The zero-order chi connectivity index (χ0) is 22.2. The van der Waals surface area contributed by atoms with Gasteiger partial charge in [0.05, 0.1) is 11.3 Å². The van der Waals surface area contributed by atoms with Crippen molar-refractivity contribution < 1.29 is 9.13 Å². The maximum absolute atomic E-state index is 14.9. The minimum Gasteiger partial charge on any atom is -0.457 e. The molecule has 7 heteroatoms. The molecule has 31 heavy (non-hydrogen) atoms. The third-order valence-electron chi connectivity index (χ3n) is 5.06. The van der Waals surface area contributed by atoms with Gasteiger partial charge in [-0.1, -0.05) is 44.9 Å². The Morgan fingerprint density at radius 2 is 1.90 bits per heavy atom. The average molecular weight is 422 g/mol. The fourth-order valence-electron chi connectivity index (χ4n) is 3.30. The molecule has 1 aromatic heterocycles. The number of para-hydroxylation sites is 1. The number of nitrogen functional groups attached to an aromatic ring is 1. The van der Waals surface area contributed by atoms with Gasteiger partial charge in [-0.05, 0) is 37.1 Å². The molecule has 162 valence electrons. The number of aromatic nitrogens is 2. The monoisotopic (exact) mass is 421 g/mol. The Kier molecular flexibility index (Phi) is 7.54. The van der Waals surface area contributed by atoms with Crippen LogP contribution < -0.4 is 15.8 Å². The standard InChI is InChI=1S/C24H28FN5O/c1-3-5-9-16(4-2)30-24-21(23(27)28-15-29-24)22(26)19-13-12-18(14-20(19)25)31-17-10-7-6-8-11-17/h6-8,10-16,26H,3-5,9H2,1-2H3,(H3,27,28,29,30). The molecule has 0 aliphatic rings. The van der Waals surface area contributed by atoms with Crippen molar-refractivity contribution in [3.05, 3.63) is 71.8 Å². The lowest BCUT2D eigenvalue weighted by molar-refractivity contribution is 0.476. The van der Waals surface area contributed by atoms with Crippen LogP contribution in [0.1, 0.15) is 50.7 Å². The third kappa shape index (κ3) is 5.57. The Bertz CT molecular complexity index is 1030.